The van der Waals surface area contributed by atoms with Gasteiger partial charge in [0.05, 0.1) is 6.10 Å². The van der Waals surface area contributed by atoms with E-state index in [2.05, 4.69) is 28.9 Å². The lowest BCUT2D eigenvalue weighted by atomic mass is 10.0. The van der Waals surface area contributed by atoms with Crippen LogP contribution in [0.3, 0.4) is 0 Å². The molecule has 0 aromatic heterocycles. The van der Waals surface area contributed by atoms with Crippen LogP contribution in [0, 0.1) is 0 Å². The first-order valence-corrected chi connectivity index (χ1v) is 5.64. The minimum atomic E-state index is -0.442. The van der Waals surface area contributed by atoms with E-state index >= 15 is 0 Å². The molecule has 1 aromatic carbocycles. The Balaban J connectivity index is 2.90. The molecule has 0 spiro atoms. The van der Waals surface area contributed by atoms with Crippen molar-refractivity contribution in [3.63, 3.8) is 0 Å². The largest absolute Gasteiger partial charge is 0.388 e. The molecular weight excluding hydrogens is 242 g/mol. The Labute approximate surface area is 93.3 Å². The van der Waals surface area contributed by atoms with E-state index in [1.807, 2.05) is 12.1 Å². The lowest BCUT2D eigenvalue weighted by Gasteiger charge is -2.11. The zero-order valence-electron chi connectivity index (χ0n) is 8.33. The van der Waals surface area contributed by atoms with Crippen molar-refractivity contribution in [2.75, 3.05) is 6.54 Å². The summed E-state index contributed by atoms with van der Waals surface area (Å²) in [6.45, 7) is 2.61. The van der Waals surface area contributed by atoms with Crippen LogP contribution in [0.5, 0.6) is 0 Å². The number of hydrogen-bond donors (Lipinski definition) is 2. The van der Waals surface area contributed by atoms with Gasteiger partial charge in [-0.15, -0.1) is 0 Å². The summed E-state index contributed by atoms with van der Waals surface area (Å²) in [5, 5.41) is 9.76. The quantitative estimate of drug-likeness (QED) is 0.871. The van der Waals surface area contributed by atoms with Gasteiger partial charge in [0.15, 0.2) is 0 Å². The molecule has 0 bridgehead atoms. The third-order valence-corrected chi connectivity index (χ3v) is 2.67. The molecule has 0 fully saturated rings. The fourth-order valence-corrected chi connectivity index (χ4v) is 1.95. The first kappa shape index (κ1) is 11.7. The molecule has 0 saturated heterocycles. The van der Waals surface area contributed by atoms with Gasteiger partial charge in [-0.25, -0.2) is 0 Å². The van der Waals surface area contributed by atoms with Gasteiger partial charge in [0.2, 0.25) is 0 Å². The fourth-order valence-electron chi connectivity index (χ4n) is 1.40. The topological polar surface area (TPSA) is 46.2 Å². The van der Waals surface area contributed by atoms with Crippen LogP contribution in [0.2, 0.25) is 0 Å². The van der Waals surface area contributed by atoms with E-state index in [0.717, 1.165) is 16.5 Å². The van der Waals surface area contributed by atoms with E-state index in [0.29, 0.717) is 13.0 Å². The maximum atomic E-state index is 9.76. The molecule has 78 valence electrons. The van der Waals surface area contributed by atoms with Gasteiger partial charge in [-0.3, -0.25) is 0 Å². The van der Waals surface area contributed by atoms with Gasteiger partial charge < -0.3 is 10.8 Å². The molecule has 0 heterocycles. The maximum absolute atomic E-state index is 9.76. The van der Waals surface area contributed by atoms with E-state index in [4.69, 9.17) is 5.73 Å². The zero-order valence-corrected chi connectivity index (χ0v) is 9.92. The van der Waals surface area contributed by atoms with E-state index < -0.39 is 6.10 Å². The standard InChI is InChI=1S/C11H16BrNO/c1-2-8-5-9(7-10(12)6-8)11(14)3-4-13/h5-7,11,14H,2-4,13H2,1H3. The van der Waals surface area contributed by atoms with Crippen molar-refractivity contribution in [3.8, 4) is 0 Å². The molecule has 0 aliphatic carbocycles. The number of rotatable bonds is 4. The average Bonchev–Trinajstić information content (AvgIpc) is 2.17. The number of halogens is 1. The molecule has 2 nitrogen and oxygen atoms in total. The Kier molecular flexibility index (Phi) is 4.58. The number of aryl methyl sites for hydroxylation is 1. The molecule has 0 saturated carbocycles. The van der Waals surface area contributed by atoms with Crippen LogP contribution in [0.1, 0.15) is 30.6 Å². The third kappa shape index (κ3) is 3.08. The normalized spacial score (nSPS) is 12.9. The molecule has 3 heteroatoms. The van der Waals surface area contributed by atoms with Gasteiger partial charge in [-0.05, 0) is 42.6 Å². The summed E-state index contributed by atoms with van der Waals surface area (Å²) in [7, 11) is 0. The predicted molar refractivity (Wildman–Crippen MR) is 62.2 cm³/mol. The van der Waals surface area contributed by atoms with Crippen molar-refractivity contribution in [1.29, 1.82) is 0 Å². The Morgan fingerprint density at radius 2 is 2.14 bits per heavy atom. The van der Waals surface area contributed by atoms with Gasteiger partial charge >= 0.3 is 0 Å². The summed E-state index contributed by atoms with van der Waals surface area (Å²) in [5.74, 6) is 0. The molecule has 0 radical (unpaired) electrons. The molecule has 0 amide bonds. The van der Waals surface area contributed by atoms with E-state index in [9.17, 15) is 5.11 Å². The highest BCUT2D eigenvalue weighted by atomic mass is 79.9. The highest BCUT2D eigenvalue weighted by Crippen LogP contribution is 2.22. The molecule has 1 atom stereocenters. The zero-order chi connectivity index (χ0) is 10.6. The lowest BCUT2D eigenvalue weighted by molar-refractivity contribution is 0.170. The van der Waals surface area contributed by atoms with Crippen molar-refractivity contribution < 1.29 is 5.11 Å². The molecule has 14 heavy (non-hydrogen) atoms. The van der Waals surface area contributed by atoms with Crippen LogP contribution in [-0.2, 0) is 6.42 Å². The highest BCUT2D eigenvalue weighted by Gasteiger charge is 2.07. The Morgan fingerprint density at radius 1 is 1.43 bits per heavy atom. The number of benzene rings is 1. The van der Waals surface area contributed by atoms with Gasteiger partial charge in [-0.2, -0.15) is 0 Å². The van der Waals surface area contributed by atoms with Crippen molar-refractivity contribution in [2.24, 2.45) is 5.73 Å². The minimum Gasteiger partial charge on any atom is -0.388 e. The lowest BCUT2D eigenvalue weighted by Crippen LogP contribution is -2.07. The van der Waals surface area contributed by atoms with Crippen LogP contribution < -0.4 is 5.73 Å². The summed E-state index contributed by atoms with van der Waals surface area (Å²) >= 11 is 3.43. The molecule has 0 aliphatic heterocycles. The Hall–Kier alpha value is -0.380. The average molecular weight is 258 g/mol. The summed E-state index contributed by atoms with van der Waals surface area (Å²) < 4.78 is 1.02. The monoisotopic (exact) mass is 257 g/mol. The van der Waals surface area contributed by atoms with E-state index in [1.54, 1.807) is 0 Å². The summed E-state index contributed by atoms with van der Waals surface area (Å²) in [4.78, 5) is 0. The number of hydrogen-bond acceptors (Lipinski definition) is 2. The second-order valence-corrected chi connectivity index (χ2v) is 4.26. The van der Waals surface area contributed by atoms with Crippen molar-refractivity contribution in [2.45, 2.75) is 25.9 Å². The van der Waals surface area contributed by atoms with Crippen molar-refractivity contribution in [3.05, 3.63) is 33.8 Å². The van der Waals surface area contributed by atoms with Gasteiger partial charge in [-0.1, -0.05) is 28.9 Å². The highest BCUT2D eigenvalue weighted by molar-refractivity contribution is 9.10. The molecule has 1 unspecified atom stereocenters. The molecular formula is C11H16BrNO. The smallest absolute Gasteiger partial charge is 0.0802 e. The van der Waals surface area contributed by atoms with Gasteiger partial charge in [0.1, 0.15) is 0 Å². The fraction of sp³-hybridized carbons (Fsp3) is 0.455. The first-order chi connectivity index (χ1) is 6.67. The maximum Gasteiger partial charge on any atom is 0.0802 e. The van der Waals surface area contributed by atoms with E-state index in [1.165, 1.54) is 5.56 Å². The summed E-state index contributed by atoms with van der Waals surface area (Å²) in [6, 6.07) is 6.04. The van der Waals surface area contributed by atoms with Crippen LogP contribution in [0.15, 0.2) is 22.7 Å². The Morgan fingerprint density at radius 3 is 2.71 bits per heavy atom. The minimum absolute atomic E-state index is 0.442. The van der Waals surface area contributed by atoms with Crippen molar-refractivity contribution in [1.82, 2.24) is 0 Å². The molecule has 3 N–H and O–H groups in total. The number of nitrogens with two attached hydrogens (primary N) is 1. The summed E-state index contributed by atoms with van der Waals surface area (Å²) in [5.41, 5.74) is 7.58. The van der Waals surface area contributed by atoms with Crippen LogP contribution in [0.25, 0.3) is 0 Å². The van der Waals surface area contributed by atoms with Crippen LogP contribution in [0.4, 0.5) is 0 Å². The first-order valence-electron chi connectivity index (χ1n) is 4.85. The molecule has 1 aromatic rings. The second kappa shape index (κ2) is 5.49. The second-order valence-electron chi connectivity index (χ2n) is 3.34. The number of aliphatic hydroxyl groups excluding tert-OH is 1. The van der Waals surface area contributed by atoms with Gasteiger partial charge in [0.25, 0.3) is 0 Å². The molecule has 0 aliphatic rings. The third-order valence-electron chi connectivity index (χ3n) is 2.21. The number of aliphatic hydroxyl groups is 1. The Bertz CT molecular complexity index is 301. The summed E-state index contributed by atoms with van der Waals surface area (Å²) in [6.07, 6.45) is 1.14. The predicted octanol–water partition coefficient (Wildman–Crippen LogP) is 2.39. The van der Waals surface area contributed by atoms with Crippen molar-refractivity contribution >= 4 is 15.9 Å². The molecule has 1 rings (SSSR count). The van der Waals surface area contributed by atoms with Gasteiger partial charge in [0, 0.05) is 4.47 Å². The van der Waals surface area contributed by atoms with Crippen LogP contribution >= 0.6 is 15.9 Å². The van der Waals surface area contributed by atoms with Crippen LogP contribution in [-0.4, -0.2) is 11.7 Å². The SMILES string of the molecule is CCc1cc(Br)cc(C(O)CCN)c1. The van der Waals surface area contributed by atoms with E-state index in [-0.39, 0.29) is 0 Å².